The maximum Gasteiger partial charge on any atom is 0.233 e. The number of allylic oxidation sites excluding steroid dienone is 2. The fourth-order valence-electron chi connectivity index (χ4n) is 3.78. The highest BCUT2D eigenvalue weighted by Gasteiger charge is 2.58. The second kappa shape index (κ2) is 4.19. The molecule has 0 aromatic heterocycles. The van der Waals surface area contributed by atoms with Crippen molar-refractivity contribution in [3.8, 4) is 0 Å². The van der Waals surface area contributed by atoms with Crippen molar-refractivity contribution in [1.82, 2.24) is 4.90 Å². The summed E-state index contributed by atoms with van der Waals surface area (Å²) in [4.78, 5) is 27.5. The number of amides is 2. The first-order valence-corrected chi connectivity index (χ1v) is 6.92. The number of quaternary nitrogens is 1. The van der Waals surface area contributed by atoms with Crippen LogP contribution in [0.3, 0.4) is 0 Å². The molecule has 4 nitrogen and oxygen atoms in total. The molecule has 0 spiro atoms. The van der Waals surface area contributed by atoms with E-state index in [9.17, 15) is 9.59 Å². The second-order valence-corrected chi connectivity index (χ2v) is 6.14. The minimum atomic E-state index is -0.0285. The predicted octanol–water partition coefficient (Wildman–Crippen LogP) is -0.672. The summed E-state index contributed by atoms with van der Waals surface area (Å²) >= 11 is 0. The van der Waals surface area contributed by atoms with Crippen LogP contribution in [0.2, 0.25) is 0 Å². The lowest BCUT2D eigenvalue weighted by atomic mass is 9.85. The van der Waals surface area contributed by atoms with Gasteiger partial charge in [0.25, 0.3) is 0 Å². The molecule has 1 saturated heterocycles. The summed E-state index contributed by atoms with van der Waals surface area (Å²) < 4.78 is 0. The Morgan fingerprint density at radius 3 is 2.22 bits per heavy atom. The van der Waals surface area contributed by atoms with E-state index < -0.39 is 0 Å². The summed E-state index contributed by atoms with van der Waals surface area (Å²) in [5, 5.41) is 0. The van der Waals surface area contributed by atoms with Gasteiger partial charge in [-0.1, -0.05) is 12.2 Å². The zero-order chi connectivity index (χ0) is 12.9. The van der Waals surface area contributed by atoms with Gasteiger partial charge in [-0.15, -0.1) is 0 Å². The summed E-state index contributed by atoms with van der Waals surface area (Å²) in [7, 11) is 4.18. The van der Waals surface area contributed by atoms with Crippen molar-refractivity contribution in [1.29, 1.82) is 0 Å². The number of likely N-dealkylation sites (tertiary alicyclic amines) is 1. The number of nitrogens with zero attached hydrogens (tertiary/aromatic N) is 1. The number of carbonyl (C=O) groups excluding carboxylic acids is 2. The van der Waals surface area contributed by atoms with E-state index in [0.717, 1.165) is 19.4 Å². The van der Waals surface area contributed by atoms with E-state index in [4.69, 9.17) is 0 Å². The molecule has 4 atom stereocenters. The van der Waals surface area contributed by atoms with Gasteiger partial charge in [-0.05, 0) is 18.3 Å². The lowest BCUT2D eigenvalue weighted by Crippen LogP contribution is -3.05. The molecule has 18 heavy (non-hydrogen) atoms. The zero-order valence-corrected chi connectivity index (χ0v) is 11.1. The third-order valence-electron chi connectivity index (χ3n) is 4.62. The van der Waals surface area contributed by atoms with Gasteiger partial charge in [-0.3, -0.25) is 14.5 Å². The topological polar surface area (TPSA) is 41.8 Å². The van der Waals surface area contributed by atoms with E-state index in [-0.39, 0.29) is 23.7 Å². The summed E-state index contributed by atoms with van der Waals surface area (Å²) in [6.07, 6.45) is 6.21. The van der Waals surface area contributed by atoms with Gasteiger partial charge >= 0.3 is 0 Å². The van der Waals surface area contributed by atoms with E-state index in [2.05, 4.69) is 26.2 Å². The quantitative estimate of drug-likeness (QED) is 0.530. The van der Waals surface area contributed by atoms with Gasteiger partial charge in [0.15, 0.2) is 0 Å². The lowest BCUT2D eigenvalue weighted by molar-refractivity contribution is -0.858. The molecule has 0 aromatic rings. The molecule has 2 amide bonds. The first-order valence-electron chi connectivity index (χ1n) is 6.92. The molecule has 1 N–H and O–H groups in total. The number of imide groups is 1. The number of carbonyl (C=O) groups is 2. The summed E-state index contributed by atoms with van der Waals surface area (Å²) in [5.41, 5.74) is 0. The fourth-order valence-corrected chi connectivity index (χ4v) is 3.78. The van der Waals surface area contributed by atoms with Gasteiger partial charge in [0, 0.05) is 13.0 Å². The lowest BCUT2D eigenvalue weighted by Gasteiger charge is -2.17. The van der Waals surface area contributed by atoms with Gasteiger partial charge in [0.2, 0.25) is 11.8 Å². The number of nitrogens with one attached hydrogen (secondary N) is 1. The molecular formula is C14H21N2O2+. The zero-order valence-electron chi connectivity index (χ0n) is 11.1. The van der Waals surface area contributed by atoms with Gasteiger partial charge in [-0.2, -0.15) is 0 Å². The Labute approximate surface area is 108 Å². The molecule has 3 rings (SSSR count). The molecule has 98 valence electrons. The third kappa shape index (κ3) is 1.62. The number of hydrogen-bond acceptors (Lipinski definition) is 2. The highest BCUT2D eigenvalue weighted by atomic mass is 16.2. The van der Waals surface area contributed by atoms with Crippen LogP contribution in [0.1, 0.15) is 12.8 Å². The van der Waals surface area contributed by atoms with Crippen LogP contribution in [-0.4, -0.2) is 43.9 Å². The first kappa shape index (κ1) is 11.9. The smallest absolute Gasteiger partial charge is 0.233 e. The van der Waals surface area contributed by atoms with Gasteiger partial charge in [0.05, 0.1) is 32.5 Å². The molecular weight excluding hydrogens is 228 g/mol. The van der Waals surface area contributed by atoms with E-state index in [1.807, 2.05) is 0 Å². The highest BCUT2D eigenvalue weighted by molar-refractivity contribution is 6.06. The average molecular weight is 249 g/mol. The molecule has 3 aliphatic rings. The van der Waals surface area contributed by atoms with Crippen molar-refractivity contribution in [2.45, 2.75) is 12.8 Å². The van der Waals surface area contributed by atoms with E-state index in [1.165, 1.54) is 9.80 Å². The Morgan fingerprint density at radius 2 is 1.72 bits per heavy atom. The minimum Gasteiger partial charge on any atom is -0.340 e. The summed E-state index contributed by atoms with van der Waals surface area (Å²) in [5.74, 6) is 0.798. The van der Waals surface area contributed by atoms with Crippen LogP contribution in [0.25, 0.3) is 0 Å². The van der Waals surface area contributed by atoms with Crippen molar-refractivity contribution in [2.75, 3.05) is 27.2 Å². The Hall–Kier alpha value is -1.16. The third-order valence-corrected chi connectivity index (χ3v) is 4.62. The Kier molecular flexibility index (Phi) is 2.77. The van der Waals surface area contributed by atoms with E-state index in [0.29, 0.717) is 18.4 Å². The summed E-state index contributed by atoms with van der Waals surface area (Å²) in [6.45, 7) is 1.60. The average Bonchev–Trinajstić information content (AvgIpc) is 2.97. The maximum atomic E-state index is 12.3. The molecule has 0 radical (unpaired) electrons. The van der Waals surface area contributed by atoms with Crippen LogP contribution in [0.5, 0.6) is 0 Å². The Bertz CT molecular complexity index is 386. The number of hydrogen-bond donors (Lipinski definition) is 1. The molecule has 1 heterocycles. The summed E-state index contributed by atoms with van der Waals surface area (Å²) in [6, 6.07) is 0. The van der Waals surface area contributed by atoms with Crippen molar-refractivity contribution >= 4 is 11.8 Å². The van der Waals surface area contributed by atoms with Gasteiger partial charge < -0.3 is 4.90 Å². The normalized spacial score (nSPS) is 37.2. The standard InChI is InChI=1S/C14H20N2O2/c1-15(2)6-3-7-16-13(17)11-9-4-5-10(8-9)12(11)14(16)18/h4-5,9-12H,3,6-8H2,1-2H3/p+1/t9-,10+,11-,12-/m0/s1. The molecule has 4 heteroatoms. The van der Waals surface area contributed by atoms with Crippen molar-refractivity contribution in [3.63, 3.8) is 0 Å². The van der Waals surface area contributed by atoms with Crippen LogP contribution in [0.15, 0.2) is 12.2 Å². The van der Waals surface area contributed by atoms with Crippen molar-refractivity contribution in [3.05, 3.63) is 12.2 Å². The monoisotopic (exact) mass is 249 g/mol. The van der Waals surface area contributed by atoms with E-state index in [1.54, 1.807) is 0 Å². The van der Waals surface area contributed by atoms with E-state index >= 15 is 0 Å². The van der Waals surface area contributed by atoms with Crippen LogP contribution in [0, 0.1) is 23.7 Å². The minimum absolute atomic E-state index is 0.0285. The van der Waals surface area contributed by atoms with Crippen LogP contribution >= 0.6 is 0 Å². The molecule has 2 aliphatic carbocycles. The molecule has 1 saturated carbocycles. The first-order chi connectivity index (χ1) is 8.59. The largest absolute Gasteiger partial charge is 0.340 e. The molecule has 2 bridgehead atoms. The molecule has 1 aliphatic heterocycles. The Balaban J connectivity index is 1.68. The maximum absolute atomic E-state index is 12.3. The Morgan fingerprint density at radius 1 is 1.17 bits per heavy atom. The van der Waals surface area contributed by atoms with Crippen molar-refractivity contribution in [2.24, 2.45) is 23.7 Å². The SMILES string of the molecule is C[NH+](C)CCCN1C(=O)[C@@H]2[C@@H](C1=O)[C@H]1C=C[C@@H]2C1. The molecule has 2 fully saturated rings. The van der Waals surface area contributed by atoms with Crippen molar-refractivity contribution < 1.29 is 14.5 Å². The predicted molar refractivity (Wildman–Crippen MR) is 66.7 cm³/mol. The van der Waals surface area contributed by atoms with Crippen LogP contribution in [-0.2, 0) is 9.59 Å². The molecule has 0 aromatic carbocycles. The van der Waals surface area contributed by atoms with Gasteiger partial charge in [-0.25, -0.2) is 0 Å². The van der Waals surface area contributed by atoms with Crippen LogP contribution in [0.4, 0.5) is 0 Å². The second-order valence-electron chi connectivity index (χ2n) is 6.14. The van der Waals surface area contributed by atoms with Crippen LogP contribution < -0.4 is 4.90 Å². The van der Waals surface area contributed by atoms with Gasteiger partial charge in [0.1, 0.15) is 0 Å². The number of fused-ring (bicyclic) bond motifs is 5. The molecule has 0 unspecified atom stereocenters. The fraction of sp³-hybridized carbons (Fsp3) is 0.714. The highest BCUT2D eigenvalue weighted by Crippen LogP contribution is 2.52. The number of rotatable bonds is 4.